The van der Waals surface area contributed by atoms with E-state index in [9.17, 15) is 14.3 Å². The molecule has 0 spiro atoms. The molecule has 216 valence electrons. The van der Waals surface area contributed by atoms with Crippen LogP contribution in [-0.4, -0.2) is 54.7 Å². The van der Waals surface area contributed by atoms with Crippen molar-refractivity contribution in [3.05, 3.63) is 101 Å². The molecule has 5 aromatic rings. The highest BCUT2D eigenvalue weighted by Gasteiger charge is 2.23. The second-order valence-electron chi connectivity index (χ2n) is 10.0. The number of benzene rings is 2. The number of rotatable bonds is 10. The number of hydrogen-bond acceptors (Lipinski definition) is 8. The Morgan fingerprint density at radius 3 is 2.74 bits per heavy atom. The van der Waals surface area contributed by atoms with Gasteiger partial charge < -0.3 is 23.6 Å². The van der Waals surface area contributed by atoms with Crippen LogP contribution in [0.5, 0.6) is 11.5 Å². The Morgan fingerprint density at radius 1 is 1.12 bits per heavy atom. The molecule has 0 unspecified atom stereocenters. The first-order valence-corrected chi connectivity index (χ1v) is 13.8. The normalized spacial score (nSPS) is 14.3. The first kappa shape index (κ1) is 27.7. The van der Waals surface area contributed by atoms with Gasteiger partial charge in [0.25, 0.3) is 0 Å². The summed E-state index contributed by atoms with van der Waals surface area (Å²) in [5, 5.41) is 9.80. The van der Waals surface area contributed by atoms with Crippen LogP contribution in [-0.2, 0) is 19.7 Å². The van der Waals surface area contributed by atoms with Gasteiger partial charge in [0.05, 0.1) is 41.6 Å². The Balaban J connectivity index is 1.08. The van der Waals surface area contributed by atoms with E-state index in [0.717, 1.165) is 42.8 Å². The monoisotopic (exact) mass is 591 g/mol. The van der Waals surface area contributed by atoms with Gasteiger partial charge in [0.2, 0.25) is 0 Å². The molecule has 0 atom stereocenters. The lowest BCUT2D eigenvalue weighted by molar-refractivity contribution is 0.0697. The Kier molecular flexibility index (Phi) is 8.02. The summed E-state index contributed by atoms with van der Waals surface area (Å²) < 4.78 is 33.3. The first-order chi connectivity index (χ1) is 20.4. The molecular formula is C30H27ClFN5O5. The van der Waals surface area contributed by atoms with E-state index in [-0.39, 0.29) is 24.0 Å². The van der Waals surface area contributed by atoms with Crippen LogP contribution < -0.4 is 9.47 Å². The zero-order valence-electron chi connectivity index (χ0n) is 22.5. The van der Waals surface area contributed by atoms with Crippen molar-refractivity contribution in [3.8, 4) is 11.5 Å². The Labute approximate surface area is 245 Å². The van der Waals surface area contributed by atoms with Gasteiger partial charge >= 0.3 is 5.97 Å². The number of fused-ring (bicyclic) bond motifs is 1. The number of ether oxygens (including phenoxy) is 2. The molecule has 0 amide bonds. The van der Waals surface area contributed by atoms with Gasteiger partial charge in [-0.2, -0.15) is 0 Å². The Morgan fingerprint density at radius 2 is 1.98 bits per heavy atom. The lowest BCUT2D eigenvalue weighted by atomic mass is 10.1. The van der Waals surface area contributed by atoms with Gasteiger partial charge in [0.1, 0.15) is 30.0 Å². The second-order valence-corrected chi connectivity index (χ2v) is 10.5. The highest BCUT2D eigenvalue weighted by molar-refractivity contribution is 6.30. The molecule has 4 heterocycles. The first-order valence-electron chi connectivity index (χ1n) is 13.4. The number of nitrogens with zero attached hydrogens (tertiary/aromatic N) is 5. The van der Waals surface area contributed by atoms with Crippen LogP contribution in [0.25, 0.3) is 11.0 Å². The van der Waals surface area contributed by atoms with Crippen molar-refractivity contribution in [1.29, 1.82) is 0 Å². The molecule has 0 saturated carbocycles. The number of carboxylic acid groups (broad SMARTS) is 1. The minimum Gasteiger partial charge on any atom is -0.490 e. The number of oxazole rings is 1. The van der Waals surface area contributed by atoms with E-state index in [2.05, 4.69) is 14.9 Å². The summed E-state index contributed by atoms with van der Waals surface area (Å²) in [7, 11) is 0. The van der Waals surface area contributed by atoms with Crippen LogP contribution in [0.4, 0.5) is 4.39 Å². The number of aromatic carboxylic acids is 1. The molecule has 0 bridgehead atoms. The summed E-state index contributed by atoms with van der Waals surface area (Å²) in [5.41, 5.74) is 2.28. The van der Waals surface area contributed by atoms with Gasteiger partial charge in [-0.15, -0.1) is 0 Å². The lowest BCUT2D eigenvalue weighted by Gasteiger charge is -2.32. The van der Waals surface area contributed by atoms with Crippen molar-refractivity contribution in [2.75, 3.05) is 13.1 Å². The molecule has 1 fully saturated rings. The van der Waals surface area contributed by atoms with E-state index < -0.39 is 11.8 Å². The van der Waals surface area contributed by atoms with Crippen molar-refractivity contribution < 1.29 is 28.2 Å². The van der Waals surface area contributed by atoms with E-state index in [1.807, 2.05) is 4.57 Å². The van der Waals surface area contributed by atoms with Crippen molar-refractivity contribution in [2.24, 2.45) is 0 Å². The highest BCUT2D eigenvalue weighted by Crippen LogP contribution is 2.25. The number of carbonyl (C=O) groups is 1. The molecule has 3 aromatic heterocycles. The zero-order chi connectivity index (χ0) is 29.1. The van der Waals surface area contributed by atoms with E-state index in [4.69, 9.17) is 30.5 Å². The number of halogens is 2. The standard InChI is InChI=1S/C30H27ClFN5O5/c31-20-2-4-28(25(32)12-20)40-17-21-13-23(5-8-34-21)42-22-6-9-36(10-7-22)16-29-35-26-3-1-19(30(38)39)11-27(26)37(29)15-24-14-33-18-41-24/h1-5,8,11-14,18,22H,6-7,9-10,15-17H2,(H,38,39). The Hall–Kier alpha value is -4.48. The average Bonchev–Trinajstić information content (AvgIpc) is 3.62. The number of likely N-dealkylation sites (tertiary alicyclic amines) is 1. The highest BCUT2D eigenvalue weighted by atomic mass is 35.5. The average molecular weight is 592 g/mol. The fraction of sp³-hybridized carbons (Fsp3) is 0.267. The van der Waals surface area contributed by atoms with Crippen LogP contribution in [0.3, 0.4) is 0 Å². The van der Waals surface area contributed by atoms with Crippen molar-refractivity contribution >= 4 is 28.6 Å². The zero-order valence-corrected chi connectivity index (χ0v) is 23.2. The molecule has 1 aliphatic heterocycles. The van der Waals surface area contributed by atoms with Gasteiger partial charge in [-0.1, -0.05) is 11.6 Å². The fourth-order valence-corrected chi connectivity index (χ4v) is 5.17. The minimum absolute atomic E-state index is 0.0252. The lowest BCUT2D eigenvalue weighted by Crippen LogP contribution is -2.38. The van der Waals surface area contributed by atoms with Crippen molar-refractivity contribution in [2.45, 2.75) is 38.6 Å². The van der Waals surface area contributed by atoms with Gasteiger partial charge in [-0.3, -0.25) is 9.88 Å². The number of imidazole rings is 1. The molecule has 6 rings (SSSR count). The molecule has 0 aliphatic carbocycles. The topological polar surface area (TPSA) is 116 Å². The SMILES string of the molecule is O=C(O)c1ccc2nc(CN3CCC(Oc4ccnc(COc5ccc(Cl)cc5F)c4)CC3)n(Cc3cnco3)c2c1. The largest absolute Gasteiger partial charge is 0.490 e. The predicted molar refractivity (Wildman–Crippen MR) is 151 cm³/mol. The van der Waals surface area contributed by atoms with Gasteiger partial charge in [-0.25, -0.2) is 19.2 Å². The van der Waals surface area contributed by atoms with Crippen LogP contribution >= 0.6 is 11.6 Å². The van der Waals surface area contributed by atoms with Crippen LogP contribution in [0.1, 0.15) is 40.5 Å². The number of hydrogen-bond donors (Lipinski definition) is 1. The van der Waals surface area contributed by atoms with Crippen molar-refractivity contribution in [3.63, 3.8) is 0 Å². The van der Waals surface area contributed by atoms with Crippen LogP contribution in [0.15, 0.2) is 71.7 Å². The third-order valence-electron chi connectivity index (χ3n) is 7.13. The predicted octanol–water partition coefficient (Wildman–Crippen LogP) is 5.58. The van der Waals surface area contributed by atoms with E-state index in [0.29, 0.717) is 35.3 Å². The Bertz CT molecular complexity index is 1700. The summed E-state index contributed by atoms with van der Waals surface area (Å²) in [6, 6.07) is 12.8. The molecule has 10 nitrogen and oxygen atoms in total. The molecule has 12 heteroatoms. The van der Waals surface area contributed by atoms with Gasteiger partial charge in [-0.05, 0) is 55.3 Å². The molecule has 42 heavy (non-hydrogen) atoms. The minimum atomic E-state index is -0.989. The number of aromatic nitrogens is 4. The van der Waals surface area contributed by atoms with E-state index in [1.165, 1.54) is 18.5 Å². The van der Waals surface area contributed by atoms with Crippen LogP contribution in [0.2, 0.25) is 5.02 Å². The van der Waals surface area contributed by atoms with Gasteiger partial charge in [0, 0.05) is 30.4 Å². The maximum absolute atomic E-state index is 14.0. The third-order valence-corrected chi connectivity index (χ3v) is 7.37. The molecule has 0 radical (unpaired) electrons. The van der Waals surface area contributed by atoms with Crippen molar-refractivity contribution in [1.82, 2.24) is 24.4 Å². The second kappa shape index (κ2) is 12.2. The number of pyridine rings is 1. The summed E-state index contributed by atoms with van der Waals surface area (Å²) >= 11 is 5.81. The fourth-order valence-electron chi connectivity index (χ4n) is 5.01. The summed E-state index contributed by atoms with van der Waals surface area (Å²) in [6.07, 6.45) is 6.32. The van der Waals surface area contributed by atoms with Gasteiger partial charge in [0.15, 0.2) is 18.0 Å². The van der Waals surface area contributed by atoms with Crippen LogP contribution in [0, 0.1) is 5.82 Å². The molecule has 1 aliphatic rings. The van der Waals surface area contributed by atoms with E-state index in [1.54, 1.807) is 48.8 Å². The van der Waals surface area contributed by atoms with E-state index >= 15 is 0 Å². The molecule has 1 saturated heterocycles. The summed E-state index contributed by atoms with van der Waals surface area (Å²) in [6.45, 7) is 2.68. The molecular weight excluding hydrogens is 565 g/mol. The quantitative estimate of drug-likeness (QED) is 0.222. The smallest absolute Gasteiger partial charge is 0.335 e. The number of carboxylic acids is 1. The number of piperidine rings is 1. The summed E-state index contributed by atoms with van der Waals surface area (Å²) in [4.78, 5) is 27.0. The molecule has 1 N–H and O–H groups in total. The maximum Gasteiger partial charge on any atom is 0.335 e. The molecule has 2 aromatic carbocycles. The summed E-state index contributed by atoms with van der Waals surface area (Å²) in [5.74, 6) is 0.749. The third kappa shape index (κ3) is 6.37. The maximum atomic E-state index is 14.0.